The molecule has 2 amide bonds. The van der Waals surface area contributed by atoms with Crippen LogP contribution in [0.2, 0.25) is 5.02 Å². The number of ether oxygens (including phenoxy) is 1. The minimum absolute atomic E-state index is 0.0452. The number of ketones is 1. The maximum absolute atomic E-state index is 13.5. The highest BCUT2D eigenvalue weighted by Gasteiger charge is 2.66. The molecule has 4 aromatic rings. The number of nitrogens with zero attached hydrogens (tertiary/aromatic N) is 3. The molecule has 1 aliphatic heterocycles. The van der Waals surface area contributed by atoms with Crippen molar-refractivity contribution in [1.29, 1.82) is 0 Å². The van der Waals surface area contributed by atoms with Gasteiger partial charge in [-0.15, -0.1) is 0 Å². The fourth-order valence-corrected chi connectivity index (χ4v) is 9.22. The summed E-state index contributed by atoms with van der Waals surface area (Å²) in [5.74, 6) is -2.22. The van der Waals surface area contributed by atoms with Crippen LogP contribution in [0.4, 0.5) is 11.4 Å². The van der Waals surface area contributed by atoms with Gasteiger partial charge >= 0.3 is 5.97 Å². The van der Waals surface area contributed by atoms with Crippen molar-refractivity contribution in [2.75, 3.05) is 11.5 Å². The fourth-order valence-electron chi connectivity index (χ4n) is 7.17. The second-order valence-electron chi connectivity index (χ2n) is 12.0. The maximum atomic E-state index is 13.5. The Labute approximate surface area is 289 Å². The second kappa shape index (κ2) is 11.9. The number of hydrogen-bond donors (Lipinski definition) is 0. The molecule has 0 radical (unpaired) electrons. The third kappa shape index (κ3) is 5.26. The highest BCUT2D eigenvalue weighted by Crippen LogP contribution is 2.60. The van der Waals surface area contributed by atoms with Crippen LogP contribution in [0.1, 0.15) is 32.7 Å². The minimum atomic E-state index is -0.808. The van der Waals surface area contributed by atoms with E-state index in [0.717, 1.165) is 12.5 Å². The standard InChI is InChI=1S/C34H24Br2ClN3O7/c1-15-2-3-17(10-26(15)40(45)46)27(41)14-47-34(44)21-13-25(38-24-9-6-18(37)11-20(21)24)16-4-7-19(8-5-16)39-32(42)28-22-12-23(29(28)33(39)43)31(36)30(22)35/h2-11,13,22-23,28-31H,12,14H2,1H3. The number of halogens is 3. The molecule has 2 heterocycles. The van der Waals surface area contributed by atoms with Crippen LogP contribution < -0.4 is 4.90 Å². The predicted molar refractivity (Wildman–Crippen MR) is 181 cm³/mol. The highest BCUT2D eigenvalue weighted by atomic mass is 79.9. The minimum Gasteiger partial charge on any atom is -0.454 e. The van der Waals surface area contributed by atoms with Crippen LogP contribution in [0, 0.1) is 40.7 Å². The number of anilines is 1. The van der Waals surface area contributed by atoms with Gasteiger partial charge in [-0.2, -0.15) is 0 Å². The number of amides is 2. The lowest BCUT2D eigenvalue weighted by Gasteiger charge is -2.28. The number of alkyl halides is 2. The summed E-state index contributed by atoms with van der Waals surface area (Å²) in [6, 6.07) is 17.3. The summed E-state index contributed by atoms with van der Waals surface area (Å²) in [6.45, 7) is 0.925. The van der Waals surface area contributed by atoms with Crippen molar-refractivity contribution in [3.8, 4) is 11.3 Å². The average Bonchev–Trinajstić information content (AvgIpc) is 3.67. The van der Waals surface area contributed by atoms with Crippen LogP contribution in [-0.4, -0.2) is 49.7 Å². The number of pyridine rings is 1. The van der Waals surface area contributed by atoms with Crippen molar-refractivity contribution in [2.24, 2.45) is 23.7 Å². The molecule has 2 saturated carbocycles. The van der Waals surface area contributed by atoms with Crippen LogP contribution in [0.3, 0.4) is 0 Å². The predicted octanol–water partition coefficient (Wildman–Crippen LogP) is 7.09. The van der Waals surface area contributed by atoms with Gasteiger partial charge < -0.3 is 4.74 Å². The van der Waals surface area contributed by atoms with Gasteiger partial charge in [0.1, 0.15) is 0 Å². The Morgan fingerprint density at radius 2 is 1.64 bits per heavy atom. The Kier molecular flexibility index (Phi) is 8.00. The van der Waals surface area contributed by atoms with Crippen molar-refractivity contribution < 1.29 is 28.8 Å². The molecule has 10 nitrogen and oxygen atoms in total. The third-order valence-electron chi connectivity index (χ3n) is 9.46. The number of aryl methyl sites for hydroxylation is 1. The Bertz CT molecular complexity index is 2010. The topological polar surface area (TPSA) is 137 Å². The van der Waals surface area contributed by atoms with E-state index < -0.39 is 23.3 Å². The summed E-state index contributed by atoms with van der Waals surface area (Å²) in [5.41, 5.74) is 2.30. The largest absolute Gasteiger partial charge is 0.454 e. The number of aromatic nitrogens is 1. The second-order valence-corrected chi connectivity index (χ2v) is 14.6. The molecular weight excluding hydrogens is 758 g/mol. The van der Waals surface area contributed by atoms with E-state index in [1.54, 1.807) is 49.4 Å². The molecule has 0 spiro atoms. The Hall–Kier alpha value is -4.00. The number of imide groups is 1. The van der Waals surface area contributed by atoms with Gasteiger partial charge in [0.05, 0.1) is 39.2 Å². The van der Waals surface area contributed by atoms with E-state index in [4.69, 9.17) is 21.3 Å². The summed E-state index contributed by atoms with van der Waals surface area (Å²) < 4.78 is 5.38. The molecule has 2 bridgehead atoms. The van der Waals surface area contributed by atoms with E-state index in [1.165, 1.54) is 23.1 Å². The summed E-state index contributed by atoms with van der Waals surface area (Å²) >= 11 is 13.7. The molecular formula is C34H24Br2ClN3O7. The summed E-state index contributed by atoms with van der Waals surface area (Å²) in [5, 5.41) is 12.1. The van der Waals surface area contributed by atoms with Gasteiger partial charge in [0.25, 0.3) is 5.69 Å². The van der Waals surface area contributed by atoms with Crippen molar-refractivity contribution >= 4 is 89.3 Å². The number of carbonyl (C=O) groups is 4. The molecule has 2 aliphatic carbocycles. The van der Waals surface area contributed by atoms with Crippen LogP contribution in [-0.2, 0) is 14.3 Å². The molecule has 13 heteroatoms. The Balaban J connectivity index is 1.15. The van der Waals surface area contributed by atoms with E-state index in [1.807, 2.05) is 0 Å². The van der Waals surface area contributed by atoms with Gasteiger partial charge in [-0.25, -0.2) is 9.78 Å². The molecule has 3 fully saturated rings. The lowest BCUT2D eigenvalue weighted by molar-refractivity contribution is -0.385. The van der Waals surface area contributed by atoms with E-state index in [9.17, 15) is 29.3 Å². The third-order valence-corrected chi connectivity index (χ3v) is 12.9. The van der Waals surface area contributed by atoms with Gasteiger partial charge in [-0.05, 0) is 61.6 Å². The average molecular weight is 782 g/mol. The van der Waals surface area contributed by atoms with Crippen LogP contribution in [0.5, 0.6) is 0 Å². The molecule has 1 aromatic heterocycles. The number of nitro benzene ring substituents is 1. The zero-order valence-corrected chi connectivity index (χ0v) is 28.5. The number of nitro groups is 1. The van der Waals surface area contributed by atoms with Crippen molar-refractivity contribution in [2.45, 2.75) is 23.0 Å². The molecule has 3 aromatic carbocycles. The maximum Gasteiger partial charge on any atom is 0.339 e. The van der Waals surface area contributed by atoms with Gasteiger partial charge in [-0.3, -0.25) is 29.4 Å². The van der Waals surface area contributed by atoms with Gasteiger partial charge in [0.15, 0.2) is 6.61 Å². The molecule has 3 aliphatic rings. The zero-order valence-electron chi connectivity index (χ0n) is 24.6. The van der Waals surface area contributed by atoms with Crippen LogP contribution in [0.15, 0.2) is 66.7 Å². The molecule has 47 heavy (non-hydrogen) atoms. The quantitative estimate of drug-likeness (QED) is 0.0484. The lowest BCUT2D eigenvalue weighted by Crippen LogP contribution is -2.37. The first kappa shape index (κ1) is 31.6. The normalized spacial score (nSPS) is 24.6. The summed E-state index contributed by atoms with van der Waals surface area (Å²) in [6.07, 6.45) is 0.845. The number of benzene rings is 3. The van der Waals surface area contributed by atoms with E-state index in [-0.39, 0.29) is 62.0 Å². The van der Waals surface area contributed by atoms with Crippen molar-refractivity contribution in [1.82, 2.24) is 4.98 Å². The number of carbonyl (C=O) groups excluding carboxylic acids is 4. The number of hydrogen-bond acceptors (Lipinski definition) is 8. The van der Waals surface area contributed by atoms with E-state index >= 15 is 0 Å². The lowest BCUT2D eigenvalue weighted by atomic mass is 9.81. The Morgan fingerprint density at radius 3 is 2.28 bits per heavy atom. The molecule has 6 unspecified atom stereocenters. The molecule has 0 N–H and O–H groups in total. The van der Waals surface area contributed by atoms with Crippen molar-refractivity contribution in [3.63, 3.8) is 0 Å². The first-order chi connectivity index (χ1) is 22.4. The molecule has 238 valence electrons. The first-order valence-electron chi connectivity index (χ1n) is 14.8. The smallest absolute Gasteiger partial charge is 0.339 e. The molecule has 1 saturated heterocycles. The van der Waals surface area contributed by atoms with Crippen LogP contribution >= 0.6 is 43.5 Å². The monoisotopic (exact) mass is 779 g/mol. The SMILES string of the molecule is Cc1ccc(C(=O)COC(=O)c2cc(-c3ccc(N4C(=O)C5C6CC(C(Br)C6Br)C5C4=O)cc3)nc3ccc(Cl)cc23)cc1[N+](=O)[O-]. The van der Waals surface area contributed by atoms with E-state index in [2.05, 4.69) is 31.9 Å². The number of rotatable bonds is 7. The zero-order chi connectivity index (χ0) is 33.3. The summed E-state index contributed by atoms with van der Waals surface area (Å²) in [7, 11) is 0. The van der Waals surface area contributed by atoms with Crippen molar-refractivity contribution in [3.05, 3.63) is 98.6 Å². The van der Waals surface area contributed by atoms with Gasteiger partial charge in [-0.1, -0.05) is 67.7 Å². The molecule has 7 rings (SSSR count). The number of fused-ring (bicyclic) bond motifs is 6. The highest BCUT2D eigenvalue weighted by molar-refractivity contribution is 9.12. The van der Waals surface area contributed by atoms with E-state index in [0.29, 0.717) is 38.4 Å². The number of Topliss-reactive ketones (excluding diaryl/α,β-unsaturated/α-hetero) is 1. The Morgan fingerprint density at radius 1 is 0.979 bits per heavy atom. The van der Waals surface area contributed by atoms with Gasteiger partial charge in [0, 0.05) is 42.8 Å². The first-order valence-corrected chi connectivity index (χ1v) is 17.0. The van der Waals surface area contributed by atoms with Gasteiger partial charge in [0.2, 0.25) is 17.6 Å². The van der Waals surface area contributed by atoms with Crippen LogP contribution in [0.25, 0.3) is 22.2 Å². The number of esters is 1. The fraction of sp³-hybridized carbons (Fsp3) is 0.265. The summed E-state index contributed by atoms with van der Waals surface area (Å²) in [4.78, 5) is 70.2. The molecule has 6 atom stereocenters.